The van der Waals surface area contributed by atoms with Gasteiger partial charge >= 0.3 is 5.97 Å². The number of para-hydroxylation sites is 1. The Morgan fingerprint density at radius 1 is 1.15 bits per heavy atom. The van der Waals surface area contributed by atoms with E-state index in [0.717, 1.165) is 24.2 Å². The van der Waals surface area contributed by atoms with E-state index in [1.54, 1.807) is 25.3 Å². The maximum absolute atomic E-state index is 12.4. The molecule has 1 aliphatic carbocycles. The van der Waals surface area contributed by atoms with Crippen LogP contribution in [0.4, 0.5) is 0 Å². The van der Waals surface area contributed by atoms with E-state index >= 15 is 0 Å². The first-order valence-corrected chi connectivity index (χ1v) is 11.1. The van der Waals surface area contributed by atoms with E-state index in [2.05, 4.69) is 15.3 Å². The number of aromatic nitrogens is 2. The van der Waals surface area contributed by atoms with Crippen LogP contribution in [0.3, 0.4) is 0 Å². The number of aryl methyl sites for hydroxylation is 1. The molecule has 1 aromatic heterocycles. The highest BCUT2D eigenvalue weighted by molar-refractivity contribution is 5.81. The number of esters is 1. The van der Waals surface area contributed by atoms with Crippen molar-refractivity contribution in [3.63, 3.8) is 0 Å². The summed E-state index contributed by atoms with van der Waals surface area (Å²) in [6, 6.07) is 14.6. The number of benzene rings is 2. The average Bonchev–Trinajstić information content (AvgIpc) is 3.67. The number of hydrogen-bond donors (Lipinski definition) is 2. The van der Waals surface area contributed by atoms with Crippen LogP contribution in [0.25, 0.3) is 10.9 Å². The van der Waals surface area contributed by atoms with Gasteiger partial charge in [0.1, 0.15) is 11.6 Å². The molecule has 0 bridgehead atoms. The minimum absolute atomic E-state index is 0.0992. The number of amides is 1. The van der Waals surface area contributed by atoms with Crippen molar-refractivity contribution < 1.29 is 19.1 Å². The highest BCUT2D eigenvalue weighted by Gasteiger charge is 2.33. The molecule has 1 heterocycles. The second kappa shape index (κ2) is 10.3. The zero-order chi connectivity index (χ0) is 23.2. The summed E-state index contributed by atoms with van der Waals surface area (Å²) < 4.78 is 10.3. The summed E-state index contributed by atoms with van der Waals surface area (Å²) in [7, 11) is 1.61. The van der Waals surface area contributed by atoms with E-state index in [0.29, 0.717) is 35.5 Å². The van der Waals surface area contributed by atoms with Gasteiger partial charge in [-0.05, 0) is 55.0 Å². The number of hydrogen-bond acceptors (Lipinski definition) is 6. The summed E-state index contributed by atoms with van der Waals surface area (Å²) >= 11 is 0. The van der Waals surface area contributed by atoms with Gasteiger partial charge in [0.25, 0.3) is 11.5 Å². The van der Waals surface area contributed by atoms with Gasteiger partial charge in [-0.25, -0.2) is 4.98 Å². The first kappa shape index (κ1) is 22.5. The standard InChI is InChI=1S/C25H27N3O5/c1-32-18-13-11-17(12-14-18)24(16-9-10-16)28-22(29)15-33-23(30)8-4-7-21-26-20-6-3-2-5-19(20)25(31)27-21/h2-3,5-6,11-14,16,24H,4,7-10,15H2,1H3,(H,28,29)(H,26,27,31). The number of carbonyl (C=O) groups is 2. The summed E-state index contributed by atoms with van der Waals surface area (Å²) in [6.45, 7) is -0.316. The number of aromatic amines is 1. The van der Waals surface area contributed by atoms with Crippen molar-refractivity contribution in [2.75, 3.05) is 13.7 Å². The number of rotatable bonds is 10. The molecule has 2 N–H and O–H groups in total. The van der Waals surface area contributed by atoms with Crippen LogP contribution in [0.2, 0.25) is 0 Å². The average molecular weight is 450 g/mol. The first-order valence-electron chi connectivity index (χ1n) is 11.1. The molecule has 4 rings (SSSR count). The molecule has 1 atom stereocenters. The monoisotopic (exact) mass is 449 g/mol. The highest BCUT2D eigenvalue weighted by Crippen LogP contribution is 2.41. The molecule has 8 nitrogen and oxygen atoms in total. The quantitative estimate of drug-likeness (QED) is 0.460. The summed E-state index contributed by atoms with van der Waals surface area (Å²) in [4.78, 5) is 43.7. The zero-order valence-electron chi connectivity index (χ0n) is 18.5. The Kier molecular flexibility index (Phi) is 7.02. The van der Waals surface area contributed by atoms with Crippen molar-refractivity contribution in [2.45, 2.75) is 38.1 Å². The molecule has 2 aromatic carbocycles. The van der Waals surface area contributed by atoms with E-state index in [1.807, 2.05) is 30.3 Å². The lowest BCUT2D eigenvalue weighted by atomic mass is 10.0. The van der Waals surface area contributed by atoms with Crippen LogP contribution in [-0.2, 0) is 20.7 Å². The summed E-state index contributed by atoms with van der Waals surface area (Å²) in [5.74, 6) is 0.902. The van der Waals surface area contributed by atoms with Crippen molar-refractivity contribution in [3.8, 4) is 5.75 Å². The Labute approximate surface area is 191 Å². The predicted octanol–water partition coefficient (Wildman–Crippen LogP) is 3.07. The van der Waals surface area contributed by atoms with Gasteiger partial charge in [0, 0.05) is 12.8 Å². The SMILES string of the molecule is COc1ccc(C(NC(=O)COC(=O)CCCc2nc3ccccc3c(=O)[nH]2)C2CC2)cc1. The van der Waals surface area contributed by atoms with Crippen molar-refractivity contribution >= 4 is 22.8 Å². The number of nitrogens with one attached hydrogen (secondary N) is 2. The molecule has 1 saturated carbocycles. The number of nitrogens with zero attached hydrogens (tertiary/aromatic N) is 1. The molecule has 0 aliphatic heterocycles. The molecule has 0 saturated heterocycles. The molecular weight excluding hydrogens is 422 g/mol. The second-order valence-corrected chi connectivity index (χ2v) is 8.20. The Hall–Kier alpha value is -3.68. The number of carbonyl (C=O) groups excluding carboxylic acids is 2. The molecule has 3 aromatic rings. The van der Waals surface area contributed by atoms with Crippen LogP contribution >= 0.6 is 0 Å². The van der Waals surface area contributed by atoms with Gasteiger partial charge in [-0.3, -0.25) is 14.4 Å². The lowest BCUT2D eigenvalue weighted by Gasteiger charge is -2.19. The second-order valence-electron chi connectivity index (χ2n) is 8.20. The largest absolute Gasteiger partial charge is 0.497 e. The molecular formula is C25H27N3O5. The van der Waals surface area contributed by atoms with Crippen LogP contribution in [0.5, 0.6) is 5.75 Å². The topological polar surface area (TPSA) is 110 Å². The van der Waals surface area contributed by atoms with Crippen LogP contribution in [0, 0.1) is 5.92 Å². The fraction of sp³-hybridized carbons (Fsp3) is 0.360. The zero-order valence-corrected chi connectivity index (χ0v) is 18.5. The third-order valence-electron chi connectivity index (χ3n) is 5.71. The van der Waals surface area contributed by atoms with E-state index in [9.17, 15) is 14.4 Å². The number of H-pyrrole nitrogens is 1. The van der Waals surface area contributed by atoms with Gasteiger partial charge < -0.3 is 19.8 Å². The van der Waals surface area contributed by atoms with Crippen LogP contribution in [0.1, 0.15) is 43.1 Å². The van der Waals surface area contributed by atoms with E-state index in [-0.39, 0.29) is 30.5 Å². The number of fused-ring (bicyclic) bond motifs is 1. The van der Waals surface area contributed by atoms with E-state index in [4.69, 9.17) is 9.47 Å². The molecule has 0 radical (unpaired) electrons. The third kappa shape index (κ3) is 5.97. The first-order chi connectivity index (χ1) is 16.0. The molecule has 1 fully saturated rings. The molecule has 33 heavy (non-hydrogen) atoms. The molecule has 172 valence electrons. The van der Waals surface area contributed by atoms with Crippen molar-refractivity contribution in [3.05, 3.63) is 70.3 Å². The maximum atomic E-state index is 12.4. The molecule has 1 unspecified atom stereocenters. The van der Waals surface area contributed by atoms with Gasteiger partial charge in [0.2, 0.25) is 0 Å². The van der Waals surface area contributed by atoms with E-state index in [1.165, 1.54) is 0 Å². The minimum Gasteiger partial charge on any atom is -0.497 e. The Bertz CT molecular complexity index is 1180. The summed E-state index contributed by atoms with van der Waals surface area (Å²) in [5.41, 5.74) is 1.43. The van der Waals surface area contributed by atoms with Crippen molar-refractivity contribution in [1.29, 1.82) is 0 Å². The highest BCUT2D eigenvalue weighted by atomic mass is 16.5. The lowest BCUT2D eigenvalue weighted by Crippen LogP contribution is -2.33. The predicted molar refractivity (Wildman–Crippen MR) is 123 cm³/mol. The Morgan fingerprint density at radius 3 is 2.64 bits per heavy atom. The number of methoxy groups -OCH3 is 1. The van der Waals surface area contributed by atoms with Crippen molar-refractivity contribution in [1.82, 2.24) is 15.3 Å². The van der Waals surface area contributed by atoms with Crippen molar-refractivity contribution in [2.24, 2.45) is 5.92 Å². The molecule has 1 amide bonds. The fourth-order valence-electron chi connectivity index (χ4n) is 3.80. The molecule has 8 heteroatoms. The Balaban J connectivity index is 1.23. The summed E-state index contributed by atoms with van der Waals surface area (Å²) in [5, 5.41) is 3.52. The molecule has 0 spiro atoms. The fourth-order valence-corrected chi connectivity index (χ4v) is 3.80. The van der Waals surface area contributed by atoms with Crippen LogP contribution < -0.4 is 15.6 Å². The Morgan fingerprint density at radius 2 is 1.91 bits per heavy atom. The van der Waals surface area contributed by atoms with Gasteiger partial charge in [0.05, 0.1) is 24.1 Å². The molecule has 1 aliphatic rings. The van der Waals surface area contributed by atoms with Crippen LogP contribution in [0.15, 0.2) is 53.3 Å². The third-order valence-corrected chi connectivity index (χ3v) is 5.71. The van der Waals surface area contributed by atoms with E-state index < -0.39 is 5.97 Å². The summed E-state index contributed by atoms with van der Waals surface area (Å²) in [6.07, 6.45) is 3.14. The van der Waals surface area contributed by atoms with Gasteiger partial charge in [0.15, 0.2) is 6.61 Å². The van der Waals surface area contributed by atoms with Gasteiger partial charge in [-0.15, -0.1) is 0 Å². The lowest BCUT2D eigenvalue weighted by molar-refractivity contribution is -0.148. The maximum Gasteiger partial charge on any atom is 0.306 e. The number of ether oxygens (including phenoxy) is 2. The van der Waals surface area contributed by atoms with Gasteiger partial charge in [-0.1, -0.05) is 24.3 Å². The normalized spacial score (nSPS) is 14.0. The minimum atomic E-state index is -0.458. The van der Waals surface area contributed by atoms with Gasteiger partial charge in [-0.2, -0.15) is 0 Å². The van der Waals surface area contributed by atoms with Crippen LogP contribution in [-0.4, -0.2) is 35.6 Å². The smallest absolute Gasteiger partial charge is 0.306 e.